The lowest BCUT2D eigenvalue weighted by molar-refractivity contribution is -0.121. The Morgan fingerprint density at radius 1 is 1.40 bits per heavy atom. The molecule has 0 aromatic heterocycles. The molecule has 0 aliphatic carbocycles. The van der Waals surface area contributed by atoms with Crippen LogP contribution in [-0.2, 0) is 4.79 Å². The van der Waals surface area contributed by atoms with Gasteiger partial charge in [0.15, 0.2) is 0 Å². The largest absolute Gasteiger partial charge is 0.354 e. The Bertz CT molecular complexity index is 494. The number of carbonyl (C=O) groups excluding carboxylic acids is 2. The fraction of sp³-hybridized carbons (Fsp3) is 0.429. The maximum atomic E-state index is 11.9. The van der Waals surface area contributed by atoms with Gasteiger partial charge in [0.25, 0.3) is 5.91 Å². The van der Waals surface area contributed by atoms with Crippen LogP contribution in [0, 0.1) is 0 Å². The average Bonchev–Trinajstić information content (AvgIpc) is 2.41. The van der Waals surface area contributed by atoms with Crippen molar-refractivity contribution in [3.63, 3.8) is 0 Å². The number of amides is 2. The summed E-state index contributed by atoms with van der Waals surface area (Å²) in [5.41, 5.74) is 0.392. The minimum absolute atomic E-state index is 0.0695. The molecule has 0 aliphatic heterocycles. The van der Waals surface area contributed by atoms with Gasteiger partial charge in [0.2, 0.25) is 5.91 Å². The van der Waals surface area contributed by atoms with E-state index in [0.29, 0.717) is 10.6 Å². The van der Waals surface area contributed by atoms with Gasteiger partial charge < -0.3 is 10.6 Å². The van der Waals surface area contributed by atoms with Gasteiger partial charge in [-0.1, -0.05) is 34.5 Å². The zero-order valence-electron chi connectivity index (χ0n) is 11.5. The van der Waals surface area contributed by atoms with Crippen LogP contribution in [0.4, 0.5) is 0 Å². The van der Waals surface area contributed by atoms with Gasteiger partial charge in [-0.2, -0.15) is 0 Å². The van der Waals surface area contributed by atoms with Gasteiger partial charge in [-0.05, 0) is 31.5 Å². The van der Waals surface area contributed by atoms with Gasteiger partial charge in [0, 0.05) is 23.5 Å². The van der Waals surface area contributed by atoms with Crippen molar-refractivity contribution in [1.29, 1.82) is 0 Å². The maximum absolute atomic E-state index is 11.9. The van der Waals surface area contributed by atoms with Crippen molar-refractivity contribution in [3.8, 4) is 0 Å². The van der Waals surface area contributed by atoms with E-state index in [1.807, 2.05) is 13.8 Å². The van der Waals surface area contributed by atoms with Crippen LogP contribution in [0.3, 0.4) is 0 Å². The molecule has 0 saturated heterocycles. The summed E-state index contributed by atoms with van der Waals surface area (Å²) in [7, 11) is 0. The average molecular weight is 362 g/mol. The van der Waals surface area contributed by atoms with E-state index in [1.54, 1.807) is 18.2 Å². The first kappa shape index (κ1) is 17.0. The SMILES string of the molecule is CC[C@@H](C)NC(=O)CCNC(=O)c1cc(Br)ccc1Cl. The van der Waals surface area contributed by atoms with Crippen molar-refractivity contribution in [2.24, 2.45) is 0 Å². The summed E-state index contributed by atoms with van der Waals surface area (Å²) in [6.45, 7) is 4.23. The van der Waals surface area contributed by atoms with E-state index in [-0.39, 0.29) is 30.8 Å². The molecular formula is C14H18BrClN2O2. The second kappa shape index (κ2) is 8.27. The smallest absolute Gasteiger partial charge is 0.252 e. The molecule has 1 atom stereocenters. The highest BCUT2D eigenvalue weighted by Crippen LogP contribution is 2.20. The summed E-state index contributed by atoms with van der Waals surface area (Å²) >= 11 is 9.25. The summed E-state index contributed by atoms with van der Waals surface area (Å²) in [5, 5.41) is 5.91. The molecule has 0 heterocycles. The van der Waals surface area contributed by atoms with E-state index in [2.05, 4.69) is 26.6 Å². The molecular weight excluding hydrogens is 344 g/mol. The van der Waals surface area contributed by atoms with Gasteiger partial charge in [-0.15, -0.1) is 0 Å². The lowest BCUT2D eigenvalue weighted by atomic mass is 10.2. The second-order valence-corrected chi connectivity index (χ2v) is 5.83. The number of rotatable bonds is 6. The summed E-state index contributed by atoms with van der Waals surface area (Å²) in [6.07, 6.45) is 1.13. The van der Waals surface area contributed by atoms with E-state index < -0.39 is 0 Å². The molecule has 0 radical (unpaired) electrons. The number of carbonyl (C=O) groups is 2. The van der Waals surface area contributed by atoms with Crippen LogP contribution in [0.1, 0.15) is 37.0 Å². The number of hydrogen-bond acceptors (Lipinski definition) is 2. The number of hydrogen-bond donors (Lipinski definition) is 2. The van der Waals surface area contributed by atoms with Crippen LogP contribution in [0.25, 0.3) is 0 Å². The number of nitrogens with one attached hydrogen (secondary N) is 2. The zero-order chi connectivity index (χ0) is 15.1. The van der Waals surface area contributed by atoms with Crippen LogP contribution < -0.4 is 10.6 Å². The summed E-state index contributed by atoms with van der Waals surface area (Å²) < 4.78 is 0.779. The van der Waals surface area contributed by atoms with Crippen molar-refractivity contribution in [2.75, 3.05) is 6.54 Å². The van der Waals surface area contributed by atoms with Crippen LogP contribution in [0.2, 0.25) is 5.02 Å². The first-order valence-electron chi connectivity index (χ1n) is 6.46. The van der Waals surface area contributed by atoms with Crippen LogP contribution in [0.5, 0.6) is 0 Å². The predicted octanol–water partition coefficient (Wildman–Crippen LogP) is 3.14. The quantitative estimate of drug-likeness (QED) is 0.818. The van der Waals surface area contributed by atoms with Crippen molar-refractivity contribution in [3.05, 3.63) is 33.3 Å². The van der Waals surface area contributed by atoms with Crippen LogP contribution in [0.15, 0.2) is 22.7 Å². The Labute approximate surface area is 132 Å². The monoisotopic (exact) mass is 360 g/mol. The molecule has 2 amide bonds. The molecule has 0 aliphatic rings. The molecule has 0 bridgehead atoms. The zero-order valence-corrected chi connectivity index (χ0v) is 13.8. The van der Waals surface area contributed by atoms with Crippen LogP contribution >= 0.6 is 27.5 Å². The van der Waals surface area contributed by atoms with Crippen molar-refractivity contribution < 1.29 is 9.59 Å². The molecule has 0 fully saturated rings. The lowest BCUT2D eigenvalue weighted by Gasteiger charge is -2.11. The van der Waals surface area contributed by atoms with Crippen molar-refractivity contribution >= 4 is 39.3 Å². The Hall–Kier alpha value is -1.07. The minimum atomic E-state index is -0.285. The summed E-state index contributed by atoms with van der Waals surface area (Å²) in [4.78, 5) is 23.5. The molecule has 1 aromatic carbocycles. The fourth-order valence-corrected chi connectivity index (χ4v) is 2.07. The molecule has 0 unspecified atom stereocenters. The molecule has 4 nitrogen and oxygen atoms in total. The highest BCUT2D eigenvalue weighted by atomic mass is 79.9. The summed E-state index contributed by atoms with van der Waals surface area (Å²) in [6, 6.07) is 5.21. The van der Waals surface area contributed by atoms with Gasteiger partial charge in [-0.3, -0.25) is 9.59 Å². The summed E-state index contributed by atoms with van der Waals surface area (Å²) in [5.74, 6) is -0.354. The molecule has 20 heavy (non-hydrogen) atoms. The molecule has 0 saturated carbocycles. The Morgan fingerprint density at radius 2 is 2.10 bits per heavy atom. The molecule has 1 rings (SSSR count). The Kier molecular flexibility index (Phi) is 7.02. The highest BCUT2D eigenvalue weighted by Gasteiger charge is 2.11. The van der Waals surface area contributed by atoms with E-state index in [4.69, 9.17) is 11.6 Å². The first-order valence-corrected chi connectivity index (χ1v) is 7.63. The van der Waals surface area contributed by atoms with E-state index in [0.717, 1.165) is 10.9 Å². The van der Waals surface area contributed by atoms with Gasteiger partial charge in [0.1, 0.15) is 0 Å². The van der Waals surface area contributed by atoms with Gasteiger partial charge >= 0.3 is 0 Å². The minimum Gasteiger partial charge on any atom is -0.354 e. The molecule has 0 spiro atoms. The third-order valence-corrected chi connectivity index (χ3v) is 3.65. The van der Waals surface area contributed by atoms with Gasteiger partial charge in [0.05, 0.1) is 10.6 Å². The van der Waals surface area contributed by atoms with Gasteiger partial charge in [-0.25, -0.2) is 0 Å². The van der Waals surface area contributed by atoms with E-state index in [1.165, 1.54) is 0 Å². The first-order chi connectivity index (χ1) is 9.43. The van der Waals surface area contributed by atoms with E-state index in [9.17, 15) is 9.59 Å². The second-order valence-electron chi connectivity index (χ2n) is 4.51. The molecule has 110 valence electrons. The lowest BCUT2D eigenvalue weighted by Crippen LogP contribution is -2.35. The van der Waals surface area contributed by atoms with Crippen molar-refractivity contribution in [2.45, 2.75) is 32.7 Å². The molecule has 6 heteroatoms. The maximum Gasteiger partial charge on any atom is 0.252 e. The third-order valence-electron chi connectivity index (χ3n) is 2.83. The van der Waals surface area contributed by atoms with Crippen molar-refractivity contribution in [1.82, 2.24) is 10.6 Å². The molecule has 1 aromatic rings. The normalized spacial score (nSPS) is 11.8. The number of benzene rings is 1. The fourth-order valence-electron chi connectivity index (χ4n) is 1.51. The topological polar surface area (TPSA) is 58.2 Å². The molecule has 2 N–H and O–H groups in total. The highest BCUT2D eigenvalue weighted by molar-refractivity contribution is 9.10. The standard InChI is InChI=1S/C14H18BrClN2O2/c1-3-9(2)18-13(19)6-7-17-14(20)11-8-10(15)4-5-12(11)16/h4-5,8-9H,3,6-7H2,1-2H3,(H,17,20)(H,18,19)/t9-/m1/s1. The Balaban J connectivity index is 2.44. The Morgan fingerprint density at radius 3 is 2.75 bits per heavy atom. The van der Waals surface area contributed by atoms with E-state index >= 15 is 0 Å². The number of halogens is 2. The predicted molar refractivity (Wildman–Crippen MR) is 84.0 cm³/mol. The third kappa shape index (κ3) is 5.51. The van der Waals surface area contributed by atoms with Crippen LogP contribution in [-0.4, -0.2) is 24.4 Å².